The summed E-state index contributed by atoms with van der Waals surface area (Å²) in [4.78, 5) is 2.50. The molecule has 0 aromatic heterocycles. The van der Waals surface area contributed by atoms with E-state index in [4.69, 9.17) is 11.6 Å². The molecule has 66 valence electrons. The van der Waals surface area contributed by atoms with Crippen molar-refractivity contribution in [3.05, 3.63) is 0 Å². The van der Waals surface area contributed by atoms with Gasteiger partial charge in [0.25, 0.3) is 0 Å². The second kappa shape index (κ2) is 4.32. The summed E-state index contributed by atoms with van der Waals surface area (Å²) in [6.45, 7) is 8.04. The summed E-state index contributed by atoms with van der Waals surface area (Å²) in [7, 11) is 0. The minimum absolute atomic E-state index is 0.369. The quantitative estimate of drug-likeness (QED) is 0.583. The van der Waals surface area contributed by atoms with Crippen molar-refractivity contribution in [3.63, 3.8) is 0 Å². The molecule has 0 aromatic rings. The Hall–Kier alpha value is 0.250. The number of hydrogen-bond donors (Lipinski definition) is 0. The number of alkyl halides is 1. The van der Waals surface area contributed by atoms with E-state index in [1.165, 1.54) is 32.5 Å². The number of hydrogen-bond acceptors (Lipinski definition) is 1. The van der Waals surface area contributed by atoms with Gasteiger partial charge in [-0.2, -0.15) is 0 Å². The van der Waals surface area contributed by atoms with Gasteiger partial charge in [0.2, 0.25) is 0 Å². The maximum Gasteiger partial charge on any atom is 0.0337 e. The zero-order chi connectivity index (χ0) is 8.27. The van der Waals surface area contributed by atoms with Crippen LogP contribution in [0, 0.1) is 5.92 Å². The molecule has 0 bridgehead atoms. The van der Waals surface area contributed by atoms with Crippen LogP contribution in [-0.4, -0.2) is 29.9 Å². The van der Waals surface area contributed by atoms with E-state index in [0.29, 0.717) is 5.38 Å². The van der Waals surface area contributed by atoms with Crippen LogP contribution >= 0.6 is 11.6 Å². The van der Waals surface area contributed by atoms with E-state index in [0.717, 1.165) is 5.92 Å². The van der Waals surface area contributed by atoms with Crippen molar-refractivity contribution in [2.45, 2.75) is 32.1 Å². The number of rotatable bonds is 2. The molecular formula is C9H18ClN. The van der Waals surface area contributed by atoms with Gasteiger partial charge in [0.1, 0.15) is 0 Å². The van der Waals surface area contributed by atoms with Gasteiger partial charge < -0.3 is 4.90 Å². The monoisotopic (exact) mass is 175 g/mol. The van der Waals surface area contributed by atoms with Crippen LogP contribution in [0.5, 0.6) is 0 Å². The number of piperidine rings is 1. The van der Waals surface area contributed by atoms with Gasteiger partial charge in [0.15, 0.2) is 0 Å². The molecule has 1 aliphatic heterocycles. The zero-order valence-corrected chi connectivity index (χ0v) is 8.27. The predicted molar refractivity (Wildman–Crippen MR) is 50.2 cm³/mol. The molecule has 1 aliphatic rings. The third-order valence-electron chi connectivity index (χ3n) is 2.73. The van der Waals surface area contributed by atoms with Crippen LogP contribution in [0.2, 0.25) is 0 Å². The van der Waals surface area contributed by atoms with Crippen LogP contribution in [0.4, 0.5) is 0 Å². The van der Waals surface area contributed by atoms with Crippen molar-refractivity contribution in [1.29, 1.82) is 0 Å². The zero-order valence-electron chi connectivity index (χ0n) is 7.52. The first-order valence-electron chi connectivity index (χ1n) is 4.60. The average molecular weight is 176 g/mol. The van der Waals surface area contributed by atoms with Crippen molar-refractivity contribution in [3.8, 4) is 0 Å². The first-order valence-corrected chi connectivity index (χ1v) is 5.04. The van der Waals surface area contributed by atoms with E-state index in [1.54, 1.807) is 0 Å². The van der Waals surface area contributed by atoms with Gasteiger partial charge in [-0.1, -0.05) is 6.92 Å². The first-order chi connectivity index (χ1) is 5.24. The molecule has 1 heterocycles. The molecule has 2 heteroatoms. The summed E-state index contributed by atoms with van der Waals surface area (Å²) >= 11 is 6.03. The minimum atomic E-state index is 0.369. The third-order valence-corrected chi connectivity index (χ3v) is 3.09. The molecule has 0 saturated carbocycles. The van der Waals surface area contributed by atoms with Crippen LogP contribution in [0.3, 0.4) is 0 Å². The number of likely N-dealkylation sites (tertiary alicyclic amines) is 1. The smallest absolute Gasteiger partial charge is 0.0337 e. The molecule has 1 atom stereocenters. The Morgan fingerprint density at radius 2 is 2.00 bits per heavy atom. The Kier molecular flexibility index (Phi) is 3.67. The summed E-state index contributed by atoms with van der Waals surface area (Å²) in [5.41, 5.74) is 0. The maximum atomic E-state index is 6.03. The number of nitrogens with zero attached hydrogens (tertiary/aromatic N) is 1. The topological polar surface area (TPSA) is 3.24 Å². The largest absolute Gasteiger partial charge is 0.304 e. The van der Waals surface area contributed by atoms with E-state index in [1.807, 2.05) is 0 Å². The highest BCUT2D eigenvalue weighted by Crippen LogP contribution is 2.23. The average Bonchev–Trinajstić information content (AvgIpc) is 2.05. The predicted octanol–water partition coefficient (Wildman–Crippen LogP) is 2.35. The fourth-order valence-corrected chi connectivity index (χ4v) is 1.98. The second-order valence-electron chi connectivity index (χ2n) is 3.45. The Morgan fingerprint density at radius 3 is 2.36 bits per heavy atom. The lowest BCUT2D eigenvalue weighted by Crippen LogP contribution is -2.35. The van der Waals surface area contributed by atoms with Crippen molar-refractivity contribution < 1.29 is 0 Å². The normalized spacial score (nSPS) is 25.4. The molecule has 0 N–H and O–H groups in total. The van der Waals surface area contributed by atoms with Crippen molar-refractivity contribution in [2.24, 2.45) is 5.92 Å². The Balaban J connectivity index is 2.24. The summed E-state index contributed by atoms with van der Waals surface area (Å²) < 4.78 is 0. The highest BCUT2D eigenvalue weighted by molar-refractivity contribution is 6.20. The second-order valence-corrected chi connectivity index (χ2v) is 4.14. The van der Waals surface area contributed by atoms with Gasteiger partial charge in [0, 0.05) is 5.38 Å². The van der Waals surface area contributed by atoms with Gasteiger partial charge in [-0.15, -0.1) is 11.6 Å². The van der Waals surface area contributed by atoms with Crippen LogP contribution in [0.15, 0.2) is 0 Å². The van der Waals surface area contributed by atoms with E-state index in [-0.39, 0.29) is 0 Å². The Bertz CT molecular complexity index is 106. The number of halogens is 1. The summed E-state index contributed by atoms with van der Waals surface area (Å²) in [6.07, 6.45) is 2.58. The molecule has 0 aliphatic carbocycles. The summed E-state index contributed by atoms with van der Waals surface area (Å²) in [5, 5.41) is 0.369. The van der Waals surface area contributed by atoms with Crippen LogP contribution in [0.1, 0.15) is 26.7 Å². The highest BCUT2D eigenvalue weighted by atomic mass is 35.5. The molecule has 1 saturated heterocycles. The van der Waals surface area contributed by atoms with E-state index in [2.05, 4.69) is 18.7 Å². The molecule has 1 unspecified atom stereocenters. The van der Waals surface area contributed by atoms with E-state index >= 15 is 0 Å². The molecule has 1 nitrogen and oxygen atoms in total. The Labute approximate surface area is 74.7 Å². The van der Waals surface area contributed by atoms with E-state index < -0.39 is 0 Å². The van der Waals surface area contributed by atoms with Crippen molar-refractivity contribution >= 4 is 11.6 Å². The SMILES string of the molecule is CCN1CCC(C(C)Cl)CC1. The molecule has 1 fully saturated rings. The molecule has 1 rings (SSSR count). The van der Waals surface area contributed by atoms with Gasteiger partial charge in [0.05, 0.1) is 0 Å². The first kappa shape index (κ1) is 9.34. The van der Waals surface area contributed by atoms with Gasteiger partial charge >= 0.3 is 0 Å². The highest BCUT2D eigenvalue weighted by Gasteiger charge is 2.21. The fraction of sp³-hybridized carbons (Fsp3) is 1.00. The van der Waals surface area contributed by atoms with Crippen molar-refractivity contribution in [2.75, 3.05) is 19.6 Å². The molecular weight excluding hydrogens is 158 g/mol. The molecule has 0 aromatic carbocycles. The molecule has 0 radical (unpaired) electrons. The standard InChI is InChI=1S/C9H18ClN/c1-3-11-6-4-9(5-7-11)8(2)10/h8-9H,3-7H2,1-2H3. The van der Waals surface area contributed by atoms with Crippen molar-refractivity contribution in [1.82, 2.24) is 4.90 Å². The molecule has 0 spiro atoms. The maximum absolute atomic E-state index is 6.03. The van der Waals surface area contributed by atoms with Gasteiger partial charge in [-0.3, -0.25) is 0 Å². The fourth-order valence-electron chi connectivity index (χ4n) is 1.73. The van der Waals surface area contributed by atoms with Gasteiger partial charge in [-0.25, -0.2) is 0 Å². The molecule has 0 amide bonds. The molecule has 11 heavy (non-hydrogen) atoms. The lowest BCUT2D eigenvalue weighted by molar-refractivity contribution is 0.191. The lowest BCUT2D eigenvalue weighted by atomic mass is 9.94. The van der Waals surface area contributed by atoms with Gasteiger partial charge in [-0.05, 0) is 45.3 Å². The summed E-state index contributed by atoms with van der Waals surface area (Å²) in [6, 6.07) is 0. The van der Waals surface area contributed by atoms with E-state index in [9.17, 15) is 0 Å². The lowest BCUT2D eigenvalue weighted by Gasteiger charge is -2.32. The Morgan fingerprint density at radius 1 is 1.45 bits per heavy atom. The van der Waals surface area contributed by atoms with Crippen LogP contribution in [-0.2, 0) is 0 Å². The summed E-state index contributed by atoms with van der Waals surface area (Å²) in [5.74, 6) is 0.763. The van der Waals surface area contributed by atoms with Crippen LogP contribution < -0.4 is 0 Å². The van der Waals surface area contributed by atoms with Crippen LogP contribution in [0.25, 0.3) is 0 Å². The third kappa shape index (κ3) is 2.64. The minimum Gasteiger partial charge on any atom is -0.304 e.